The molecule has 1 saturated heterocycles. The van der Waals surface area contributed by atoms with E-state index in [1.165, 1.54) is 0 Å². The SMILES string of the molecule is Cc1cc(C)nc(N2C(=O)CCC2=O)n1. The lowest BCUT2D eigenvalue weighted by atomic mass is 10.3. The molecule has 0 N–H and O–H groups in total. The molecule has 78 valence electrons. The molecule has 0 spiro atoms. The molecular weight excluding hydrogens is 194 g/mol. The smallest absolute Gasteiger partial charge is 0.239 e. The van der Waals surface area contributed by atoms with Gasteiger partial charge in [-0.25, -0.2) is 14.9 Å². The van der Waals surface area contributed by atoms with Crippen molar-refractivity contribution in [3.8, 4) is 0 Å². The largest absolute Gasteiger partial charge is 0.274 e. The summed E-state index contributed by atoms with van der Waals surface area (Å²) in [6.45, 7) is 3.62. The Hall–Kier alpha value is -1.78. The van der Waals surface area contributed by atoms with Crippen LogP contribution in [0.3, 0.4) is 0 Å². The van der Waals surface area contributed by atoms with Gasteiger partial charge in [0.2, 0.25) is 17.8 Å². The number of carbonyl (C=O) groups is 2. The quantitative estimate of drug-likeness (QED) is 0.634. The highest BCUT2D eigenvalue weighted by Gasteiger charge is 2.32. The van der Waals surface area contributed by atoms with Gasteiger partial charge in [-0.2, -0.15) is 0 Å². The van der Waals surface area contributed by atoms with Crippen molar-refractivity contribution < 1.29 is 9.59 Å². The Morgan fingerprint density at radius 1 is 1.07 bits per heavy atom. The summed E-state index contributed by atoms with van der Waals surface area (Å²) in [4.78, 5) is 32.1. The molecule has 2 amide bonds. The number of nitrogens with zero attached hydrogens (tertiary/aromatic N) is 3. The molecule has 0 saturated carbocycles. The van der Waals surface area contributed by atoms with Crippen molar-refractivity contribution in [3.63, 3.8) is 0 Å². The molecule has 5 heteroatoms. The average molecular weight is 205 g/mol. The number of aromatic nitrogens is 2. The van der Waals surface area contributed by atoms with Crippen LogP contribution in [0.15, 0.2) is 6.07 Å². The molecule has 15 heavy (non-hydrogen) atoms. The molecule has 1 aromatic heterocycles. The number of anilines is 1. The van der Waals surface area contributed by atoms with Crippen LogP contribution in [0, 0.1) is 13.8 Å². The summed E-state index contributed by atoms with van der Waals surface area (Å²) in [5.74, 6) is -0.227. The third-order valence-corrected chi connectivity index (χ3v) is 2.22. The second-order valence-electron chi connectivity index (χ2n) is 3.57. The number of amides is 2. The second kappa shape index (κ2) is 3.42. The number of hydrogen-bond acceptors (Lipinski definition) is 4. The zero-order valence-corrected chi connectivity index (χ0v) is 8.65. The maximum absolute atomic E-state index is 11.4. The van der Waals surface area contributed by atoms with Crippen LogP contribution in [0.25, 0.3) is 0 Å². The van der Waals surface area contributed by atoms with Gasteiger partial charge in [0.05, 0.1) is 0 Å². The van der Waals surface area contributed by atoms with Crippen LogP contribution in [0.5, 0.6) is 0 Å². The van der Waals surface area contributed by atoms with E-state index >= 15 is 0 Å². The lowest BCUT2D eigenvalue weighted by molar-refractivity contribution is -0.121. The Balaban J connectivity index is 2.44. The summed E-state index contributed by atoms with van der Waals surface area (Å²) >= 11 is 0. The molecule has 2 rings (SSSR count). The molecule has 1 fully saturated rings. The fourth-order valence-corrected chi connectivity index (χ4v) is 1.61. The third-order valence-electron chi connectivity index (χ3n) is 2.22. The summed E-state index contributed by atoms with van der Waals surface area (Å²) in [6.07, 6.45) is 0.518. The van der Waals surface area contributed by atoms with E-state index in [4.69, 9.17) is 0 Å². The fraction of sp³-hybridized carbons (Fsp3) is 0.400. The van der Waals surface area contributed by atoms with Crippen molar-refractivity contribution >= 4 is 17.8 Å². The van der Waals surface area contributed by atoms with Gasteiger partial charge in [0.1, 0.15) is 0 Å². The van der Waals surface area contributed by atoms with E-state index in [9.17, 15) is 9.59 Å². The standard InChI is InChI=1S/C10H11N3O2/c1-6-5-7(2)12-10(11-6)13-8(14)3-4-9(13)15/h5H,3-4H2,1-2H3. The van der Waals surface area contributed by atoms with Gasteiger partial charge in [-0.1, -0.05) is 0 Å². The third kappa shape index (κ3) is 1.72. The fourth-order valence-electron chi connectivity index (χ4n) is 1.61. The first-order valence-corrected chi connectivity index (χ1v) is 4.76. The Bertz CT molecular complexity index is 406. The molecular formula is C10H11N3O2. The monoisotopic (exact) mass is 205 g/mol. The normalized spacial score (nSPS) is 16.3. The maximum atomic E-state index is 11.4. The van der Waals surface area contributed by atoms with Gasteiger partial charge < -0.3 is 0 Å². The highest BCUT2D eigenvalue weighted by molar-refractivity contribution is 6.18. The second-order valence-corrected chi connectivity index (χ2v) is 3.57. The lowest BCUT2D eigenvalue weighted by Gasteiger charge is -2.12. The van der Waals surface area contributed by atoms with Crippen molar-refractivity contribution in [2.45, 2.75) is 26.7 Å². The zero-order valence-electron chi connectivity index (χ0n) is 8.65. The van der Waals surface area contributed by atoms with Crippen LogP contribution in [0.2, 0.25) is 0 Å². The van der Waals surface area contributed by atoms with Gasteiger partial charge >= 0.3 is 0 Å². The Morgan fingerprint density at radius 3 is 2.00 bits per heavy atom. The minimum Gasteiger partial charge on any atom is -0.274 e. The molecule has 0 aliphatic carbocycles. The number of carbonyl (C=O) groups excluding carboxylic acids is 2. The van der Waals surface area contributed by atoms with Gasteiger partial charge in [0.25, 0.3) is 0 Å². The van der Waals surface area contributed by atoms with Gasteiger partial charge in [-0.05, 0) is 19.9 Å². The number of imide groups is 1. The average Bonchev–Trinajstić information content (AvgIpc) is 2.44. The van der Waals surface area contributed by atoms with Gasteiger partial charge in [0.15, 0.2) is 0 Å². The molecule has 1 aromatic rings. The molecule has 0 aromatic carbocycles. The molecule has 1 aliphatic heterocycles. The summed E-state index contributed by atoms with van der Waals surface area (Å²) in [6, 6.07) is 1.80. The molecule has 0 bridgehead atoms. The van der Waals surface area contributed by atoms with E-state index in [1.54, 1.807) is 6.07 Å². The summed E-state index contributed by atoms with van der Waals surface area (Å²) in [5, 5.41) is 0. The van der Waals surface area contributed by atoms with E-state index in [-0.39, 0.29) is 30.6 Å². The molecule has 0 unspecified atom stereocenters. The lowest BCUT2D eigenvalue weighted by Crippen LogP contribution is -2.30. The Morgan fingerprint density at radius 2 is 1.53 bits per heavy atom. The first kappa shape index (κ1) is 9.76. The van der Waals surface area contributed by atoms with Crippen molar-refractivity contribution in [2.24, 2.45) is 0 Å². The van der Waals surface area contributed by atoms with E-state index in [0.717, 1.165) is 16.3 Å². The molecule has 5 nitrogen and oxygen atoms in total. The Labute approximate surface area is 87.1 Å². The van der Waals surface area contributed by atoms with Crippen LogP contribution in [0.1, 0.15) is 24.2 Å². The minimum atomic E-state index is -0.218. The summed E-state index contributed by atoms with van der Waals surface area (Å²) in [5.41, 5.74) is 1.51. The van der Waals surface area contributed by atoms with Gasteiger partial charge in [-0.15, -0.1) is 0 Å². The van der Waals surface area contributed by atoms with Gasteiger partial charge in [-0.3, -0.25) is 9.59 Å². The number of rotatable bonds is 1. The van der Waals surface area contributed by atoms with Gasteiger partial charge in [0, 0.05) is 24.2 Å². The van der Waals surface area contributed by atoms with Crippen molar-refractivity contribution in [3.05, 3.63) is 17.5 Å². The first-order chi connectivity index (χ1) is 7.08. The van der Waals surface area contributed by atoms with Crippen LogP contribution in [-0.2, 0) is 9.59 Å². The van der Waals surface area contributed by atoms with Crippen molar-refractivity contribution in [1.82, 2.24) is 9.97 Å². The van der Waals surface area contributed by atoms with E-state index in [1.807, 2.05) is 13.8 Å². The predicted octanol–water partition coefficient (Wildman–Crippen LogP) is 0.747. The van der Waals surface area contributed by atoms with Crippen LogP contribution >= 0.6 is 0 Å². The first-order valence-electron chi connectivity index (χ1n) is 4.76. The highest BCUT2D eigenvalue weighted by Crippen LogP contribution is 2.18. The highest BCUT2D eigenvalue weighted by atomic mass is 16.2. The van der Waals surface area contributed by atoms with Crippen LogP contribution < -0.4 is 4.90 Å². The maximum Gasteiger partial charge on any atom is 0.239 e. The minimum absolute atomic E-state index is 0.208. The summed E-state index contributed by atoms with van der Waals surface area (Å²) in [7, 11) is 0. The van der Waals surface area contributed by atoms with E-state index in [0.29, 0.717) is 0 Å². The molecule has 2 heterocycles. The Kier molecular flexibility index (Phi) is 2.22. The topological polar surface area (TPSA) is 63.2 Å². The van der Waals surface area contributed by atoms with Crippen molar-refractivity contribution in [1.29, 1.82) is 0 Å². The predicted molar refractivity (Wildman–Crippen MR) is 53.2 cm³/mol. The van der Waals surface area contributed by atoms with Crippen molar-refractivity contribution in [2.75, 3.05) is 4.90 Å². The number of aryl methyl sites for hydroxylation is 2. The van der Waals surface area contributed by atoms with Crippen LogP contribution in [-0.4, -0.2) is 21.8 Å². The zero-order chi connectivity index (χ0) is 11.0. The molecule has 0 radical (unpaired) electrons. The molecule has 0 atom stereocenters. The van der Waals surface area contributed by atoms with E-state index in [2.05, 4.69) is 9.97 Å². The van der Waals surface area contributed by atoms with Crippen LogP contribution in [0.4, 0.5) is 5.95 Å². The van der Waals surface area contributed by atoms with E-state index < -0.39 is 0 Å². The molecule has 1 aliphatic rings. The number of hydrogen-bond donors (Lipinski definition) is 0. The summed E-state index contributed by atoms with van der Waals surface area (Å²) < 4.78 is 0.